The van der Waals surface area contributed by atoms with Crippen molar-refractivity contribution in [2.45, 2.75) is 32.9 Å². The van der Waals surface area contributed by atoms with Crippen LogP contribution < -0.4 is 9.99 Å². The molecule has 0 spiro atoms. The summed E-state index contributed by atoms with van der Waals surface area (Å²) in [7, 11) is 3.60. The minimum absolute atomic E-state index is 0.0780. The van der Waals surface area contributed by atoms with Gasteiger partial charge in [0.25, 0.3) is 0 Å². The molecule has 2 aromatic carbocycles. The molecule has 0 fully saturated rings. The van der Waals surface area contributed by atoms with E-state index in [1.165, 1.54) is 32.8 Å². The monoisotopic (exact) mass is 386 g/mol. The summed E-state index contributed by atoms with van der Waals surface area (Å²) < 4.78 is 1.12. The second-order valence-electron chi connectivity index (χ2n) is 6.92. The topological polar surface area (TPSA) is 24.4 Å². The van der Waals surface area contributed by atoms with E-state index >= 15 is 0 Å². The summed E-state index contributed by atoms with van der Waals surface area (Å²) in [4.78, 5) is 6.29. The van der Waals surface area contributed by atoms with Crippen molar-refractivity contribution in [2.24, 2.45) is 4.99 Å². The number of fused-ring (bicyclic) bond motifs is 3. The number of nitrogens with one attached hydrogen (secondary N) is 1. The van der Waals surface area contributed by atoms with Crippen molar-refractivity contribution < 1.29 is 0 Å². The predicted molar refractivity (Wildman–Crippen MR) is 110 cm³/mol. The molecule has 0 bridgehead atoms. The minimum Gasteiger partial charge on any atom is -0.375 e. The van der Waals surface area contributed by atoms with Gasteiger partial charge in [-0.1, -0.05) is 56.5 Å². The third-order valence-electron chi connectivity index (χ3n) is 4.42. The number of nitrogens with zero attached hydrogens (tertiary/aromatic N) is 1. The summed E-state index contributed by atoms with van der Waals surface area (Å²) >= 11 is 5.97. The van der Waals surface area contributed by atoms with Crippen LogP contribution in [0.3, 0.4) is 0 Å². The second-order valence-corrected chi connectivity index (χ2v) is 9.48. The summed E-state index contributed by atoms with van der Waals surface area (Å²) in [5.74, 6) is 0. The molecule has 0 aliphatic carbocycles. The highest BCUT2D eigenvalue weighted by atomic mass is 35.5. The fourth-order valence-electron chi connectivity index (χ4n) is 3.15. The Morgan fingerprint density at radius 3 is 2.60 bits per heavy atom. The van der Waals surface area contributed by atoms with Gasteiger partial charge in [-0.3, -0.25) is 4.99 Å². The third-order valence-corrected chi connectivity index (χ3v) is 7.35. The maximum absolute atomic E-state index is 5.97. The Labute approximate surface area is 160 Å². The summed E-state index contributed by atoms with van der Waals surface area (Å²) in [5, 5.41) is 4.45. The Balaban J connectivity index is 1.82. The SMILES string of the molecule is Cc1ccc2c(c1)NC(C)(C)c1ssc(=NCc3ccc(Cl)cc3)c1-2. The fraction of sp³-hybridized carbons (Fsp3) is 0.250. The number of aryl methyl sites for hydroxylation is 1. The summed E-state index contributed by atoms with van der Waals surface area (Å²) in [6, 6.07) is 14.5. The van der Waals surface area contributed by atoms with E-state index in [1.807, 2.05) is 34.6 Å². The fourth-order valence-corrected chi connectivity index (χ4v) is 6.23. The Morgan fingerprint density at radius 2 is 1.84 bits per heavy atom. The number of rotatable bonds is 2. The molecule has 1 aliphatic rings. The van der Waals surface area contributed by atoms with Crippen LogP contribution in [0.2, 0.25) is 5.02 Å². The van der Waals surface area contributed by atoms with Gasteiger partial charge in [0.1, 0.15) is 4.67 Å². The van der Waals surface area contributed by atoms with Gasteiger partial charge in [-0.25, -0.2) is 0 Å². The normalized spacial score (nSPS) is 15.4. The van der Waals surface area contributed by atoms with E-state index in [0.717, 1.165) is 9.69 Å². The molecule has 128 valence electrons. The molecule has 0 saturated carbocycles. The Kier molecular flexibility index (Phi) is 4.22. The lowest BCUT2D eigenvalue weighted by molar-refractivity contribution is 0.619. The summed E-state index contributed by atoms with van der Waals surface area (Å²) in [6.07, 6.45) is 0. The second kappa shape index (κ2) is 6.27. The van der Waals surface area contributed by atoms with E-state index in [4.69, 9.17) is 16.6 Å². The number of benzene rings is 2. The highest BCUT2D eigenvalue weighted by molar-refractivity contribution is 7.68. The van der Waals surface area contributed by atoms with Crippen molar-refractivity contribution in [3.8, 4) is 11.1 Å². The van der Waals surface area contributed by atoms with E-state index in [-0.39, 0.29) is 5.54 Å². The predicted octanol–water partition coefficient (Wildman–Crippen LogP) is 6.20. The molecule has 3 aromatic rings. The molecule has 4 rings (SSSR count). The average molecular weight is 387 g/mol. The van der Waals surface area contributed by atoms with E-state index < -0.39 is 0 Å². The van der Waals surface area contributed by atoms with Gasteiger partial charge in [-0.05, 0) is 50.1 Å². The van der Waals surface area contributed by atoms with Gasteiger partial charge in [-0.2, -0.15) is 0 Å². The lowest BCUT2D eigenvalue weighted by atomic mass is 9.89. The molecule has 2 nitrogen and oxygen atoms in total. The number of hydrogen-bond donors (Lipinski definition) is 1. The van der Waals surface area contributed by atoms with E-state index in [1.54, 1.807) is 10.3 Å². The standard InChI is InChI=1S/C20H19ClN2S2/c1-12-4-9-15-16(10-12)23-20(2,3)18-17(15)19(25-24-18)22-11-13-5-7-14(21)8-6-13/h4-10,23H,11H2,1-3H3. The largest absolute Gasteiger partial charge is 0.375 e. The van der Waals surface area contributed by atoms with Crippen LogP contribution >= 0.6 is 32.3 Å². The van der Waals surface area contributed by atoms with Crippen LogP contribution in [0.1, 0.15) is 29.9 Å². The molecular formula is C20H19ClN2S2. The Hall–Kier alpha value is -1.62. The van der Waals surface area contributed by atoms with Crippen molar-refractivity contribution in [1.29, 1.82) is 0 Å². The van der Waals surface area contributed by atoms with Crippen molar-refractivity contribution in [3.63, 3.8) is 0 Å². The maximum Gasteiger partial charge on any atom is 0.130 e. The van der Waals surface area contributed by atoms with Gasteiger partial charge < -0.3 is 5.32 Å². The number of hydrogen-bond acceptors (Lipinski definition) is 4. The molecule has 0 radical (unpaired) electrons. The van der Waals surface area contributed by atoms with Crippen LogP contribution in [0.5, 0.6) is 0 Å². The average Bonchev–Trinajstić information content (AvgIpc) is 2.99. The first-order chi connectivity index (χ1) is 11.9. The smallest absolute Gasteiger partial charge is 0.130 e. The molecule has 0 amide bonds. The van der Waals surface area contributed by atoms with E-state index in [9.17, 15) is 0 Å². The molecule has 2 heterocycles. The molecule has 1 aromatic heterocycles. The molecule has 25 heavy (non-hydrogen) atoms. The molecular weight excluding hydrogens is 368 g/mol. The number of halogens is 1. The quantitative estimate of drug-likeness (QED) is 0.521. The van der Waals surface area contributed by atoms with Gasteiger partial charge in [0, 0.05) is 21.8 Å². The van der Waals surface area contributed by atoms with Crippen molar-refractivity contribution in [2.75, 3.05) is 5.32 Å². The van der Waals surface area contributed by atoms with E-state index in [2.05, 4.69) is 44.3 Å². The van der Waals surface area contributed by atoms with Gasteiger partial charge >= 0.3 is 0 Å². The zero-order valence-corrected chi connectivity index (χ0v) is 16.8. The summed E-state index contributed by atoms with van der Waals surface area (Å²) in [6.45, 7) is 7.28. The highest BCUT2D eigenvalue weighted by Gasteiger charge is 2.33. The summed E-state index contributed by atoms with van der Waals surface area (Å²) in [5.41, 5.74) is 6.12. The van der Waals surface area contributed by atoms with Crippen LogP contribution in [-0.4, -0.2) is 0 Å². The molecule has 0 saturated heterocycles. The highest BCUT2D eigenvalue weighted by Crippen LogP contribution is 2.45. The first-order valence-electron chi connectivity index (χ1n) is 8.22. The molecule has 1 N–H and O–H groups in total. The van der Waals surface area contributed by atoms with Crippen LogP contribution in [0.4, 0.5) is 5.69 Å². The first-order valence-corrected chi connectivity index (χ1v) is 10.7. The van der Waals surface area contributed by atoms with Crippen LogP contribution in [0.25, 0.3) is 11.1 Å². The molecule has 5 heteroatoms. The molecule has 1 aliphatic heterocycles. The van der Waals surface area contributed by atoms with Gasteiger partial charge in [-0.15, -0.1) is 0 Å². The van der Waals surface area contributed by atoms with Crippen molar-refractivity contribution in [1.82, 2.24) is 0 Å². The lowest BCUT2D eigenvalue weighted by Crippen LogP contribution is -2.31. The Bertz CT molecular complexity index is 997. The minimum atomic E-state index is -0.0780. The Morgan fingerprint density at radius 1 is 1.08 bits per heavy atom. The van der Waals surface area contributed by atoms with Crippen LogP contribution in [-0.2, 0) is 12.1 Å². The van der Waals surface area contributed by atoms with Gasteiger partial charge in [0.15, 0.2) is 0 Å². The van der Waals surface area contributed by atoms with Crippen molar-refractivity contribution >= 4 is 38.0 Å². The molecule has 0 atom stereocenters. The number of anilines is 1. The maximum atomic E-state index is 5.97. The zero-order valence-electron chi connectivity index (χ0n) is 14.4. The first kappa shape index (κ1) is 16.8. The van der Waals surface area contributed by atoms with Crippen LogP contribution in [0.15, 0.2) is 47.5 Å². The van der Waals surface area contributed by atoms with Gasteiger partial charge in [0.2, 0.25) is 0 Å². The van der Waals surface area contributed by atoms with E-state index in [0.29, 0.717) is 6.54 Å². The van der Waals surface area contributed by atoms with Gasteiger partial charge in [0.05, 0.1) is 17.0 Å². The van der Waals surface area contributed by atoms with Crippen molar-refractivity contribution in [3.05, 3.63) is 68.2 Å². The third kappa shape index (κ3) is 3.14. The zero-order chi connectivity index (χ0) is 17.6. The lowest BCUT2D eigenvalue weighted by Gasteiger charge is -2.33. The molecule has 0 unspecified atom stereocenters. The van der Waals surface area contributed by atoms with Crippen LogP contribution in [0, 0.1) is 6.92 Å².